The van der Waals surface area contributed by atoms with Gasteiger partial charge >= 0.3 is 32.2 Å². The van der Waals surface area contributed by atoms with E-state index in [2.05, 4.69) is 32.3 Å². The number of phosphoric ester groups is 1. The van der Waals surface area contributed by atoms with Crippen LogP contribution in [0.15, 0.2) is 42.5 Å². The molecule has 2 aliphatic carbocycles. The fourth-order valence-electron chi connectivity index (χ4n) is 8.90. The van der Waals surface area contributed by atoms with Gasteiger partial charge in [-0.05, 0) is 116 Å². The van der Waals surface area contributed by atoms with Crippen LogP contribution in [0.5, 0.6) is 0 Å². The van der Waals surface area contributed by atoms with Crippen molar-refractivity contribution in [2.24, 2.45) is 5.92 Å². The Kier molecular flexibility index (Phi) is 17.9. The van der Waals surface area contributed by atoms with Gasteiger partial charge in [0, 0.05) is 34.9 Å². The van der Waals surface area contributed by atoms with E-state index in [1.165, 1.54) is 55.4 Å². The summed E-state index contributed by atoms with van der Waals surface area (Å²) in [6.07, 6.45) is -12.4. The van der Waals surface area contributed by atoms with Gasteiger partial charge in [0.15, 0.2) is 28.0 Å². The summed E-state index contributed by atoms with van der Waals surface area (Å²) >= 11 is 6.66. The number of sulfonamides is 1. The number of amides is 2. The van der Waals surface area contributed by atoms with Gasteiger partial charge in [-0.1, -0.05) is 23.6 Å². The predicted molar refractivity (Wildman–Crippen MR) is 283 cm³/mol. The number of rotatable bonds is 18. The van der Waals surface area contributed by atoms with Gasteiger partial charge in [-0.2, -0.15) is 49.6 Å². The number of phosphoric acid groups is 1. The first kappa shape index (κ1) is 66.2. The minimum absolute atomic E-state index is 0.142. The van der Waals surface area contributed by atoms with Crippen LogP contribution in [0.4, 0.5) is 54.5 Å². The molecule has 0 spiro atoms. The SMILES string of the molecule is CC(C)(C)OP(=O)(OCOC(=O)COC(=O)N(c1nn(CC(F)(F)F)c2c(-c3ccc(C#CC(C)(C)S(C)(=O)=O)nc3C(Cc3cc(F)cc(F)c3)NC(=O)Cn3nc(C(F)(F)F)c4c3C(F)(F)[C@@H]3C[C@H]43)ccc(Cl)c12)S(C)(=O)=O)OC(C)(C)C. The topological polar surface area (TPSA) is 247 Å². The predicted octanol–water partition coefficient (Wildman–Crippen LogP) is 10.4. The molecule has 0 aliphatic heterocycles. The minimum Gasteiger partial charge on any atom is -0.436 e. The highest BCUT2D eigenvalue weighted by atomic mass is 35.5. The zero-order valence-corrected chi connectivity index (χ0v) is 49.7. The van der Waals surface area contributed by atoms with Crippen LogP contribution in [0, 0.1) is 29.4 Å². The summed E-state index contributed by atoms with van der Waals surface area (Å²) in [7, 11) is -13.6. The van der Waals surface area contributed by atoms with Crippen LogP contribution < -0.4 is 9.62 Å². The Morgan fingerprint density at radius 2 is 1.47 bits per heavy atom. The number of nitrogens with zero attached hydrogens (tertiary/aromatic N) is 6. The van der Waals surface area contributed by atoms with Crippen molar-refractivity contribution < 1.29 is 103 Å². The molecule has 1 N–H and O–H groups in total. The molecule has 3 heterocycles. The number of nitrogens with one attached hydrogen (secondary N) is 1. The number of hydrogen-bond donors (Lipinski definition) is 1. The molecule has 1 unspecified atom stereocenters. The maximum Gasteiger partial charge on any atom is 0.478 e. The molecule has 5 aromatic rings. The highest BCUT2D eigenvalue weighted by Gasteiger charge is 2.68. The fraction of sp³-hybridized carbons (Fsp3) is 0.490. The number of esters is 1. The molecule has 34 heteroatoms. The summed E-state index contributed by atoms with van der Waals surface area (Å²) in [5.41, 5.74) is -8.80. The third-order valence-electron chi connectivity index (χ3n) is 12.5. The number of halogens is 11. The van der Waals surface area contributed by atoms with Crippen molar-refractivity contribution in [2.45, 2.75) is 128 Å². The van der Waals surface area contributed by atoms with Gasteiger partial charge in [-0.25, -0.2) is 49.3 Å². The molecular weight excluding hydrogens is 1240 g/mol. The second-order valence-electron chi connectivity index (χ2n) is 22.2. The molecule has 2 aromatic carbocycles. The van der Waals surface area contributed by atoms with E-state index < -0.39 is 198 Å². The molecule has 2 aliphatic rings. The molecule has 20 nitrogen and oxygen atoms in total. The lowest BCUT2D eigenvalue weighted by Gasteiger charge is -2.30. The Balaban J connectivity index is 1.37. The van der Waals surface area contributed by atoms with Gasteiger partial charge in [0.05, 0.1) is 45.1 Å². The molecule has 3 atom stereocenters. The summed E-state index contributed by atoms with van der Waals surface area (Å²) in [5.74, 6) is -8.03. The summed E-state index contributed by atoms with van der Waals surface area (Å²) in [6.45, 7) is 5.39. The molecule has 0 radical (unpaired) electrons. The van der Waals surface area contributed by atoms with Gasteiger partial charge in [0.1, 0.15) is 40.9 Å². The molecular formula is C51H53ClF10N7O13PS2. The molecule has 3 aromatic heterocycles. The quantitative estimate of drug-likeness (QED) is 0.0282. The number of benzene rings is 2. The summed E-state index contributed by atoms with van der Waals surface area (Å²) in [5, 5.41) is 8.24. The second kappa shape index (κ2) is 23.1. The van der Waals surface area contributed by atoms with Crippen molar-refractivity contribution in [1.82, 2.24) is 29.9 Å². The minimum atomic E-state index is -5.26. The van der Waals surface area contributed by atoms with E-state index in [0.717, 1.165) is 42.7 Å². The third-order valence-corrected chi connectivity index (χ3v) is 17.7. The third kappa shape index (κ3) is 15.4. The Hall–Kier alpha value is -6.36. The molecule has 85 heavy (non-hydrogen) atoms. The maximum atomic E-state index is 15.7. The first-order valence-electron chi connectivity index (χ1n) is 25.0. The van der Waals surface area contributed by atoms with Crippen LogP contribution in [0.1, 0.15) is 108 Å². The van der Waals surface area contributed by atoms with Gasteiger partial charge in [0.2, 0.25) is 22.7 Å². The average Bonchev–Trinajstić information content (AvgIpc) is 1.56. The molecule has 7 rings (SSSR count). The molecule has 1 saturated carbocycles. The first-order valence-corrected chi connectivity index (χ1v) is 30.6. The number of fused-ring (bicyclic) bond motifs is 4. The van der Waals surface area contributed by atoms with Gasteiger partial charge in [0.25, 0.3) is 5.92 Å². The summed E-state index contributed by atoms with van der Waals surface area (Å²) in [4.78, 5) is 45.5. The standard InChI is InChI=1S/C51H53ClF10N7O13PS2/c1-46(2,3)81-83(73,82-47(4,5)6)80-25-79-37(71)23-78-45(72)69(85(10,76)77)44-39-34(52)14-13-31(41(39)68(66-44)24-49(55,56)57)30-12-11-29(15-16-48(7,8)84(9,74)75)63-40(30)35(19-26-17-27(53)20-28(54)18-26)64-36(70)22-67-43-38(42(65-67)51(60,61)62)32-21-33(32)50(43,58)59/h11-14,17-18,20,32-33,35H,19,21-25H2,1-10H3,(H,64,70)/t32-,33+,35?/m0/s1. The van der Waals surface area contributed by atoms with E-state index in [0.29, 0.717) is 12.3 Å². The smallest absolute Gasteiger partial charge is 0.436 e. The fourth-order valence-corrected chi connectivity index (χ4v) is 11.8. The molecule has 2 amide bonds. The van der Waals surface area contributed by atoms with Crippen LogP contribution in [-0.2, 0) is 88.7 Å². The normalized spacial score (nSPS) is 16.7. The van der Waals surface area contributed by atoms with Crippen molar-refractivity contribution in [1.29, 1.82) is 0 Å². The van der Waals surface area contributed by atoms with Crippen LogP contribution in [0.25, 0.3) is 22.0 Å². The lowest BCUT2D eigenvalue weighted by Crippen LogP contribution is -2.38. The summed E-state index contributed by atoms with van der Waals surface area (Å²) in [6, 6.07) is 4.29. The van der Waals surface area contributed by atoms with Crippen LogP contribution in [-0.4, -0.2) is 107 Å². The number of aromatic nitrogens is 5. The Morgan fingerprint density at radius 3 is 2.02 bits per heavy atom. The van der Waals surface area contributed by atoms with Crippen molar-refractivity contribution in [3.8, 4) is 23.0 Å². The highest BCUT2D eigenvalue weighted by Crippen LogP contribution is 2.68. The highest BCUT2D eigenvalue weighted by molar-refractivity contribution is 7.93. The lowest BCUT2D eigenvalue weighted by molar-refractivity contribution is -0.155. The van der Waals surface area contributed by atoms with Crippen LogP contribution >= 0.6 is 19.4 Å². The van der Waals surface area contributed by atoms with E-state index in [1.807, 2.05) is 0 Å². The molecule has 0 saturated heterocycles. The number of carbonyl (C=O) groups is 3. The number of sulfone groups is 1. The van der Waals surface area contributed by atoms with Gasteiger partial charge < -0.3 is 14.8 Å². The monoisotopic (exact) mass is 1290 g/mol. The molecule has 0 bridgehead atoms. The van der Waals surface area contributed by atoms with Crippen molar-refractivity contribution in [3.63, 3.8) is 0 Å². The largest absolute Gasteiger partial charge is 0.478 e. The van der Waals surface area contributed by atoms with E-state index in [1.54, 1.807) is 0 Å². The van der Waals surface area contributed by atoms with Crippen molar-refractivity contribution in [3.05, 3.63) is 93.0 Å². The van der Waals surface area contributed by atoms with E-state index in [4.69, 9.17) is 34.6 Å². The first-order chi connectivity index (χ1) is 38.7. The number of pyridine rings is 1. The summed E-state index contributed by atoms with van der Waals surface area (Å²) < 4.78 is 238. The maximum absolute atomic E-state index is 15.7. The van der Waals surface area contributed by atoms with Gasteiger partial charge in [-0.3, -0.25) is 23.2 Å². The zero-order valence-electron chi connectivity index (χ0n) is 46.4. The van der Waals surface area contributed by atoms with E-state index in [-0.39, 0.29) is 31.3 Å². The number of ether oxygens (including phenoxy) is 2. The number of carbonyl (C=O) groups excluding carboxylic acids is 3. The number of alkyl halides is 8. The van der Waals surface area contributed by atoms with Crippen molar-refractivity contribution in [2.75, 3.05) is 30.2 Å². The van der Waals surface area contributed by atoms with Crippen molar-refractivity contribution >= 4 is 74.0 Å². The average molecular weight is 1290 g/mol. The van der Waals surface area contributed by atoms with E-state index >= 15 is 8.78 Å². The number of anilines is 1. The number of hydrogen-bond acceptors (Lipinski definition) is 16. The lowest BCUT2D eigenvalue weighted by atomic mass is 9.93. The van der Waals surface area contributed by atoms with E-state index in [9.17, 15) is 70.9 Å². The van der Waals surface area contributed by atoms with Gasteiger partial charge in [-0.15, -0.1) is 0 Å². The van der Waals surface area contributed by atoms with Crippen LogP contribution in [0.2, 0.25) is 5.02 Å². The Labute approximate surface area is 484 Å². The second-order valence-corrected chi connectivity index (χ2v) is 28.5. The molecule has 1 fully saturated rings. The zero-order chi connectivity index (χ0) is 63.7. The Bertz CT molecular complexity index is 3810. The van der Waals surface area contributed by atoms with Crippen LogP contribution in [0.3, 0.4) is 0 Å². The Morgan fingerprint density at radius 1 is 0.871 bits per heavy atom. The molecule has 464 valence electrons.